The summed E-state index contributed by atoms with van der Waals surface area (Å²) in [6.45, 7) is 2.91. The molecule has 1 N–H and O–H groups in total. The first kappa shape index (κ1) is 26.0. The van der Waals surface area contributed by atoms with E-state index in [0.717, 1.165) is 35.1 Å². The zero-order valence-electron chi connectivity index (χ0n) is 19.4. The van der Waals surface area contributed by atoms with Gasteiger partial charge in [-0.2, -0.15) is 0 Å². The van der Waals surface area contributed by atoms with Gasteiger partial charge in [0.1, 0.15) is 16.1 Å². The highest BCUT2D eigenvalue weighted by molar-refractivity contribution is 8.26. The lowest BCUT2D eigenvalue weighted by Crippen LogP contribution is -2.45. The molecule has 34 heavy (non-hydrogen) atoms. The van der Waals surface area contributed by atoms with E-state index < -0.39 is 12.0 Å². The number of hydrogen-bond acceptors (Lipinski definition) is 5. The van der Waals surface area contributed by atoms with E-state index in [9.17, 15) is 14.7 Å². The number of amides is 1. The predicted octanol–water partition coefficient (Wildman–Crippen LogP) is 6.32. The van der Waals surface area contributed by atoms with Gasteiger partial charge in [0.15, 0.2) is 0 Å². The number of carboxylic acids is 1. The van der Waals surface area contributed by atoms with Crippen LogP contribution in [0.15, 0.2) is 59.5 Å². The molecule has 3 rings (SSSR count). The number of aliphatic carboxylic acids is 1. The van der Waals surface area contributed by atoms with Crippen LogP contribution in [0.25, 0.3) is 6.08 Å². The first-order chi connectivity index (χ1) is 16.5. The van der Waals surface area contributed by atoms with Crippen molar-refractivity contribution < 1.29 is 19.4 Å². The quantitative estimate of drug-likeness (QED) is 0.198. The fraction of sp³-hybridized carbons (Fsp3) is 0.370. The van der Waals surface area contributed by atoms with Crippen LogP contribution in [0, 0.1) is 0 Å². The van der Waals surface area contributed by atoms with Crippen LogP contribution >= 0.6 is 24.0 Å². The standard InChI is InChI=1S/C27H31NO4S2/c1-2-3-4-5-6-10-17-32-22-15-13-21(14-16-22)19-24-25(29)28(27(33)34-24)23(26(30)31)18-20-11-8-7-9-12-20/h7-9,11-16,19,23H,2-6,10,17-18H2,1H3,(H,30,31). The van der Waals surface area contributed by atoms with Crippen molar-refractivity contribution in [3.8, 4) is 5.75 Å². The van der Waals surface area contributed by atoms with Crippen molar-refractivity contribution in [3.63, 3.8) is 0 Å². The highest BCUT2D eigenvalue weighted by Crippen LogP contribution is 2.35. The smallest absolute Gasteiger partial charge is 0.327 e. The Kier molecular flexibility index (Phi) is 10.2. The van der Waals surface area contributed by atoms with Gasteiger partial charge >= 0.3 is 5.97 Å². The summed E-state index contributed by atoms with van der Waals surface area (Å²) in [6, 6.07) is 15.8. The number of thiocarbonyl (C=S) groups is 1. The van der Waals surface area contributed by atoms with Crippen molar-refractivity contribution in [3.05, 3.63) is 70.6 Å². The molecule has 0 spiro atoms. The van der Waals surface area contributed by atoms with Crippen LogP contribution in [0.1, 0.15) is 56.6 Å². The van der Waals surface area contributed by atoms with Gasteiger partial charge in [-0.3, -0.25) is 9.69 Å². The molecule has 1 fully saturated rings. The van der Waals surface area contributed by atoms with E-state index in [-0.39, 0.29) is 16.6 Å². The Balaban J connectivity index is 1.59. The maximum Gasteiger partial charge on any atom is 0.327 e. The maximum atomic E-state index is 13.1. The summed E-state index contributed by atoms with van der Waals surface area (Å²) < 4.78 is 6.08. The molecule has 0 radical (unpaired) electrons. The molecule has 0 saturated carbocycles. The molecule has 1 atom stereocenters. The van der Waals surface area contributed by atoms with Crippen LogP contribution in [0.2, 0.25) is 0 Å². The Hall–Kier alpha value is -2.64. The lowest BCUT2D eigenvalue weighted by molar-refractivity contribution is -0.145. The van der Waals surface area contributed by atoms with Gasteiger partial charge in [0, 0.05) is 6.42 Å². The Labute approximate surface area is 211 Å². The highest BCUT2D eigenvalue weighted by Gasteiger charge is 2.40. The Morgan fingerprint density at radius 1 is 1.06 bits per heavy atom. The fourth-order valence-electron chi connectivity index (χ4n) is 3.76. The van der Waals surface area contributed by atoms with Crippen LogP contribution in [-0.2, 0) is 16.0 Å². The van der Waals surface area contributed by atoms with E-state index in [0.29, 0.717) is 11.5 Å². The molecule has 0 bridgehead atoms. The number of ether oxygens (including phenoxy) is 1. The number of carboxylic acid groups (broad SMARTS) is 1. The maximum absolute atomic E-state index is 13.1. The number of carbonyl (C=O) groups is 2. The van der Waals surface area contributed by atoms with E-state index in [1.165, 1.54) is 37.0 Å². The second-order valence-corrected chi connectivity index (χ2v) is 9.96. The molecule has 180 valence electrons. The molecular weight excluding hydrogens is 466 g/mol. The van der Waals surface area contributed by atoms with Crippen LogP contribution in [-0.4, -0.2) is 38.9 Å². The van der Waals surface area contributed by atoms with E-state index >= 15 is 0 Å². The summed E-state index contributed by atoms with van der Waals surface area (Å²) >= 11 is 6.52. The van der Waals surface area contributed by atoms with Gasteiger partial charge in [0.05, 0.1) is 11.5 Å². The number of carbonyl (C=O) groups excluding carboxylic acids is 1. The highest BCUT2D eigenvalue weighted by atomic mass is 32.2. The molecule has 0 aliphatic carbocycles. The van der Waals surface area contributed by atoms with Crippen molar-refractivity contribution in [2.45, 2.75) is 57.9 Å². The molecule has 1 aliphatic heterocycles. The molecule has 1 saturated heterocycles. The SMILES string of the molecule is CCCCCCCCOc1ccc(C=C2SC(=S)N(C(Cc3ccccc3)C(=O)O)C2=O)cc1. The van der Waals surface area contributed by atoms with E-state index in [1.807, 2.05) is 54.6 Å². The van der Waals surface area contributed by atoms with Gasteiger partial charge < -0.3 is 9.84 Å². The van der Waals surface area contributed by atoms with Crippen molar-refractivity contribution in [1.29, 1.82) is 0 Å². The number of hydrogen-bond donors (Lipinski definition) is 1. The summed E-state index contributed by atoms with van der Waals surface area (Å²) in [5.41, 5.74) is 1.67. The molecule has 2 aromatic carbocycles. The molecule has 5 nitrogen and oxygen atoms in total. The summed E-state index contributed by atoms with van der Waals surface area (Å²) in [5, 5.41) is 9.78. The molecule has 2 aromatic rings. The first-order valence-electron chi connectivity index (χ1n) is 11.8. The number of thioether (sulfide) groups is 1. The summed E-state index contributed by atoms with van der Waals surface area (Å²) in [4.78, 5) is 26.7. The number of unbranched alkanes of at least 4 members (excludes halogenated alkanes) is 5. The van der Waals surface area contributed by atoms with Gasteiger partial charge in [-0.25, -0.2) is 4.79 Å². The summed E-state index contributed by atoms with van der Waals surface area (Å²) in [5.74, 6) is -0.651. The average molecular weight is 498 g/mol. The van der Waals surface area contributed by atoms with Crippen LogP contribution < -0.4 is 4.74 Å². The third kappa shape index (κ3) is 7.43. The number of benzene rings is 2. The third-order valence-corrected chi connectivity index (χ3v) is 6.97. The summed E-state index contributed by atoms with van der Waals surface area (Å²) in [6.07, 6.45) is 9.26. The average Bonchev–Trinajstić information content (AvgIpc) is 3.11. The molecule has 0 aromatic heterocycles. The van der Waals surface area contributed by atoms with Crippen LogP contribution in [0.5, 0.6) is 5.75 Å². The minimum Gasteiger partial charge on any atom is -0.494 e. The van der Waals surface area contributed by atoms with Crippen molar-refractivity contribution in [2.75, 3.05) is 6.61 Å². The van der Waals surface area contributed by atoms with Crippen molar-refractivity contribution in [1.82, 2.24) is 4.90 Å². The fourth-order valence-corrected chi connectivity index (χ4v) is 5.12. The van der Waals surface area contributed by atoms with Gasteiger partial charge in [-0.05, 0) is 35.8 Å². The normalized spacial score (nSPS) is 15.7. The van der Waals surface area contributed by atoms with Crippen LogP contribution in [0.3, 0.4) is 0 Å². The van der Waals surface area contributed by atoms with Gasteiger partial charge in [0.25, 0.3) is 5.91 Å². The Bertz CT molecular complexity index is 1010. The largest absolute Gasteiger partial charge is 0.494 e. The number of nitrogens with zero attached hydrogens (tertiary/aromatic N) is 1. The first-order valence-corrected chi connectivity index (χ1v) is 13.0. The van der Waals surface area contributed by atoms with Gasteiger partial charge in [-0.15, -0.1) is 0 Å². The topological polar surface area (TPSA) is 66.8 Å². The third-order valence-electron chi connectivity index (χ3n) is 5.64. The molecule has 1 heterocycles. The van der Waals surface area contributed by atoms with Gasteiger partial charge in [0.2, 0.25) is 0 Å². The van der Waals surface area contributed by atoms with Gasteiger partial charge in [-0.1, -0.05) is 105 Å². The number of rotatable bonds is 13. The lowest BCUT2D eigenvalue weighted by atomic mass is 10.0. The molecule has 1 aliphatic rings. The Morgan fingerprint density at radius 3 is 2.41 bits per heavy atom. The minimum atomic E-state index is -1.08. The van der Waals surface area contributed by atoms with E-state index in [1.54, 1.807) is 6.08 Å². The van der Waals surface area contributed by atoms with Crippen LogP contribution in [0.4, 0.5) is 0 Å². The molecule has 1 unspecified atom stereocenters. The second-order valence-electron chi connectivity index (χ2n) is 8.28. The monoisotopic (exact) mass is 497 g/mol. The molecule has 7 heteroatoms. The summed E-state index contributed by atoms with van der Waals surface area (Å²) in [7, 11) is 0. The minimum absolute atomic E-state index is 0.195. The zero-order valence-corrected chi connectivity index (χ0v) is 21.1. The second kappa shape index (κ2) is 13.3. The Morgan fingerprint density at radius 2 is 1.74 bits per heavy atom. The van der Waals surface area contributed by atoms with Crippen molar-refractivity contribution in [2.24, 2.45) is 0 Å². The van der Waals surface area contributed by atoms with E-state index in [2.05, 4.69) is 6.92 Å². The molecule has 1 amide bonds. The van der Waals surface area contributed by atoms with Crippen molar-refractivity contribution >= 4 is 46.3 Å². The lowest BCUT2D eigenvalue weighted by Gasteiger charge is -2.23. The predicted molar refractivity (Wildman–Crippen MR) is 142 cm³/mol. The van der Waals surface area contributed by atoms with E-state index in [4.69, 9.17) is 17.0 Å². The zero-order chi connectivity index (χ0) is 24.3. The molecular formula is C27H31NO4S2.